The minimum Gasteiger partial charge on any atom is -0.322 e. The Morgan fingerprint density at radius 2 is 2.00 bits per heavy atom. The van der Waals surface area contributed by atoms with Gasteiger partial charge >= 0.3 is 0 Å². The number of pyridine rings is 1. The van der Waals surface area contributed by atoms with E-state index in [-0.39, 0.29) is 18.2 Å². The normalized spacial score (nSPS) is 18.5. The predicted octanol–water partition coefficient (Wildman–Crippen LogP) is 1.74. The molecule has 150 valence electrons. The number of rotatable bonds is 3. The molecule has 0 spiro atoms. The Hall–Kier alpha value is -3.59. The molecule has 5 rings (SSSR count). The number of halogens is 1. The summed E-state index contributed by atoms with van der Waals surface area (Å²) in [6.07, 6.45) is 5.50. The average molecular weight is 423 g/mol. The van der Waals surface area contributed by atoms with Crippen molar-refractivity contribution >= 4 is 29.3 Å². The molecule has 2 aliphatic heterocycles. The zero-order valence-electron chi connectivity index (χ0n) is 15.6. The standard InChI is InChI=1S/C20H15ClN6O3/c21-13-5-11(7-22-8-13)16-10-27(25-24-16)14-1-2-15-12(6-14)9-26(20(15)30)17-3-4-18(28)23-19(17)29/h1-2,5-8,10,17H,3-4,9H2,(H,23,28,29). The molecule has 10 heteroatoms. The molecule has 4 heterocycles. The number of carbonyl (C=O) groups excluding carboxylic acids is 3. The number of hydrogen-bond acceptors (Lipinski definition) is 6. The Labute approximate surface area is 175 Å². The Balaban J connectivity index is 1.41. The van der Waals surface area contributed by atoms with E-state index in [1.165, 1.54) is 4.90 Å². The lowest BCUT2D eigenvalue weighted by Gasteiger charge is -2.29. The molecule has 0 radical (unpaired) electrons. The molecular weight excluding hydrogens is 408 g/mol. The fourth-order valence-electron chi connectivity index (χ4n) is 3.78. The van der Waals surface area contributed by atoms with Crippen molar-refractivity contribution in [2.45, 2.75) is 25.4 Å². The Bertz CT molecular complexity index is 1210. The van der Waals surface area contributed by atoms with Gasteiger partial charge in [-0.15, -0.1) is 5.10 Å². The third-order valence-corrected chi connectivity index (χ3v) is 5.47. The first-order valence-electron chi connectivity index (χ1n) is 9.31. The summed E-state index contributed by atoms with van der Waals surface area (Å²) in [5.41, 5.74) is 3.44. The maximum atomic E-state index is 12.8. The Kier molecular flexibility index (Phi) is 4.32. The van der Waals surface area contributed by atoms with Crippen molar-refractivity contribution < 1.29 is 14.4 Å². The number of fused-ring (bicyclic) bond motifs is 1. The van der Waals surface area contributed by atoms with Crippen LogP contribution in [-0.2, 0) is 16.1 Å². The van der Waals surface area contributed by atoms with E-state index in [1.807, 2.05) is 6.07 Å². The first kappa shape index (κ1) is 18.4. The van der Waals surface area contributed by atoms with E-state index in [9.17, 15) is 14.4 Å². The van der Waals surface area contributed by atoms with Crippen LogP contribution in [0.5, 0.6) is 0 Å². The lowest BCUT2D eigenvalue weighted by Crippen LogP contribution is -2.52. The molecule has 0 saturated carbocycles. The molecule has 1 atom stereocenters. The third kappa shape index (κ3) is 3.13. The molecule has 3 aromatic rings. The number of aromatic nitrogens is 4. The molecule has 9 nitrogen and oxygen atoms in total. The first-order chi connectivity index (χ1) is 14.5. The molecule has 0 bridgehead atoms. The molecule has 1 unspecified atom stereocenters. The van der Waals surface area contributed by atoms with Gasteiger partial charge < -0.3 is 4.90 Å². The van der Waals surface area contributed by atoms with Gasteiger partial charge in [-0.2, -0.15) is 0 Å². The van der Waals surface area contributed by atoms with Gasteiger partial charge in [0.2, 0.25) is 11.8 Å². The van der Waals surface area contributed by atoms with Crippen LogP contribution in [0.2, 0.25) is 5.02 Å². The van der Waals surface area contributed by atoms with Crippen molar-refractivity contribution in [3.8, 4) is 16.9 Å². The second-order valence-corrected chi connectivity index (χ2v) is 7.62. The third-order valence-electron chi connectivity index (χ3n) is 5.27. The zero-order valence-corrected chi connectivity index (χ0v) is 16.3. The number of piperidine rings is 1. The SMILES string of the molecule is O=C1CCC(N2Cc3cc(-n4cc(-c5cncc(Cl)c5)nn4)ccc3C2=O)C(=O)N1. The van der Waals surface area contributed by atoms with E-state index in [0.717, 1.165) is 16.8 Å². The molecule has 1 fully saturated rings. The number of benzene rings is 1. The summed E-state index contributed by atoms with van der Waals surface area (Å²) < 4.78 is 1.61. The monoisotopic (exact) mass is 422 g/mol. The summed E-state index contributed by atoms with van der Waals surface area (Å²) in [7, 11) is 0. The van der Waals surface area contributed by atoms with Crippen LogP contribution in [0.1, 0.15) is 28.8 Å². The van der Waals surface area contributed by atoms with E-state index >= 15 is 0 Å². The zero-order chi connectivity index (χ0) is 20.8. The van der Waals surface area contributed by atoms with Crippen LogP contribution < -0.4 is 5.32 Å². The summed E-state index contributed by atoms with van der Waals surface area (Å²) in [5, 5.41) is 11.1. The molecule has 30 heavy (non-hydrogen) atoms. The van der Waals surface area contributed by atoms with Crippen LogP contribution in [0.3, 0.4) is 0 Å². The van der Waals surface area contributed by atoms with Gasteiger partial charge in [0.1, 0.15) is 11.7 Å². The molecule has 1 N–H and O–H groups in total. The van der Waals surface area contributed by atoms with Crippen LogP contribution in [0.4, 0.5) is 0 Å². The number of imide groups is 1. The number of hydrogen-bond donors (Lipinski definition) is 1. The highest BCUT2D eigenvalue weighted by molar-refractivity contribution is 6.30. The topological polar surface area (TPSA) is 110 Å². The molecule has 2 aliphatic rings. The predicted molar refractivity (Wildman–Crippen MR) is 106 cm³/mol. The maximum Gasteiger partial charge on any atom is 0.255 e. The van der Waals surface area contributed by atoms with Crippen molar-refractivity contribution in [2.24, 2.45) is 0 Å². The Morgan fingerprint density at radius 3 is 2.80 bits per heavy atom. The summed E-state index contributed by atoms with van der Waals surface area (Å²) in [6.45, 7) is 0.300. The van der Waals surface area contributed by atoms with Crippen LogP contribution in [0, 0.1) is 0 Å². The highest BCUT2D eigenvalue weighted by Crippen LogP contribution is 2.29. The lowest BCUT2D eigenvalue weighted by atomic mass is 10.0. The van der Waals surface area contributed by atoms with Crippen LogP contribution >= 0.6 is 11.6 Å². The molecule has 1 saturated heterocycles. The minimum absolute atomic E-state index is 0.213. The van der Waals surface area contributed by atoms with E-state index in [0.29, 0.717) is 29.2 Å². The van der Waals surface area contributed by atoms with Gasteiger partial charge in [0.05, 0.1) is 16.9 Å². The largest absolute Gasteiger partial charge is 0.322 e. The van der Waals surface area contributed by atoms with Crippen LogP contribution in [0.15, 0.2) is 42.9 Å². The van der Waals surface area contributed by atoms with Crippen molar-refractivity contribution in [1.82, 2.24) is 30.2 Å². The quantitative estimate of drug-likeness (QED) is 0.644. The first-order valence-corrected chi connectivity index (χ1v) is 9.68. The fourth-order valence-corrected chi connectivity index (χ4v) is 3.95. The number of carbonyl (C=O) groups is 3. The molecule has 0 aliphatic carbocycles. The minimum atomic E-state index is -0.639. The second kappa shape index (κ2) is 7.03. The molecular formula is C20H15ClN6O3. The summed E-state index contributed by atoms with van der Waals surface area (Å²) in [6, 6.07) is 6.47. The Morgan fingerprint density at radius 1 is 1.13 bits per heavy atom. The van der Waals surface area contributed by atoms with Crippen molar-refractivity contribution in [1.29, 1.82) is 0 Å². The summed E-state index contributed by atoms with van der Waals surface area (Å²) in [4.78, 5) is 41.9. The maximum absolute atomic E-state index is 12.8. The summed E-state index contributed by atoms with van der Waals surface area (Å²) >= 11 is 5.99. The van der Waals surface area contributed by atoms with Gasteiger partial charge in [-0.05, 0) is 36.2 Å². The number of nitrogens with one attached hydrogen (secondary N) is 1. The molecule has 3 amide bonds. The summed E-state index contributed by atoms with van der Waals surface area (Å²) in [5.74, 6) is -0.946. The van der Waals surface area contributed by atoms with Crippen LogP contribution in [0.25, 0.3) is 16.9 Å². The van der Waals surface area contributed by atoms with Gasteiger partial charge in [0.25, 0.3) is 5.91 Å². The highest BCUT2D eigenvalue weighted by Gasteiger charge is 2.39. The second-order valence-electron chi connectivity index (χ2n) is 7.18. The van der Waals surface area contributed by atoms with Gasteiger partial charge in [-0.25, -0.2) is 4.68 Å². The number of nitrogens with zero attached hydrogens (tertiary/aromatic N) is 5. The van der Waals surface area contributed by atoms with Crippen molar-refractivity contribution in [3.05, 3.63) is 59.0 Å². The van der Waals surface area contributed by atoms with Crippen molar-refractivity contribution in [2.75, 3.05) is 0 Å². The average Bonchev–Trinajstić information content (AvgIpc) is 3.33. The van der Waals surface area contributed by atoms with E-state index < -0.39 is 11.9 Å². The van der Waals surface area contributed by atoms with Gasteiger partial charge in [0, 0.05) is 36.5 Å². The molecule has 2 aromatic heterocycles. The van der Waals surface area contributed by atoms with Gasteiger partial charge in [-0.3, -0.25) is 24.7 Å². The van der Waals surface area contributed by atoms with Crippen LogP contribution in [-0.4, -0.2) is 48.6 Å². The van der Waals surface area contributed by atoms with E-state index in [4.69, 9.17) is 11.6 Å². The number of amides is 3. The van der Waals surface area contributed by atoms with E-state index in [1.54, 1.807) is 41.5 Å². The van der Waals surface area contributed by atoms with Gasteiger partial charge in [0.15, 0.2) is 0 Å². The van der Waals surface area contributed by atoms with E-state index in [2.05, 4.69) is 20.6 Å². The smallest absolute Gasteiger partial charge is 0.255 e. The fraction of sp³-hybridized carbons (Fsp3) is 0.200. The van der Waals surface area contributed by atoms with Gasteiger partial charge in [-0.1, -0.05) is 16.8 Å². The molecule has 1 aromatic carbocycles. The highest BCUT2D eigenvalue weighted by atomic mass is 35.5. The van der Waals surface area contributed by atoms with Crippen molar-refractivity contribution in [3.63, 3.8) is 0 Å². The lowest BCUT2D eigenvalue weighted by molar-refractivity contribution is -0.136.